The van der Waals surface area contributed by atoms with Crippen LogP contribution in [-0.2, 0) is 4.74 Å². The van der Waals surface area contributed by atoms with Crippen molar-refractivity contribution >= 4 is 17.6 Å². The smallest absolute Gasteiger partial charge is 0.339 e. The number of carboxylic acid groups (broad SMARTS) is 1. The Hall–Kier alpha value is -1.26. The minimum absolute atomic E-state index is 0.0559. The highest BCUT2D eigenvalue weighted by molar-refractivity contribution is 6.31. The first kappa shape index (κ1) is 14.7. The molecule has 5 heteroatoms. The second kappa shape index (κ2) is 5.85. The molecule has 4 nitrogen and oxygen atoms in total. The van der Waals surface area contributed by atoms with Crippen LogP contribution in [0.5, 0.6) is 5.75 Å². The second-order valence-corrected chi connectivity index (χ2v) is 6.36. The van der Waals surface area contributed by atoms with Gasteiger partial charge in [-0.05, 0) is 43.9 Å². The minimum Gasteiger partial charge on any atom is -0.490 e. The molecular formula is C16H19ClO4. The summed E-state index contributed by atoms with van der Waals surface area (Å²) in [4.78, 5) is 11.2. The average molecular weight is 311 g/mol. The van der Waals surface area contributed by atoms with E-state index >= 15 is 0 Å². The number of carboxylic acids is 1. The molecule has 0 amide bonds. The Morgan fingerprint density at radius 1 is 1.38 bits per heavy atom. The lowest BCUT2D eigenvalue weighted by molar-refractivity contribution is -0.0509. The summed E-state index contributed by atoms with van der Waals surface area (Å²) >= 11 is 5.83. The quantitative estimate of drug-likeness (QED) is 0.916. The molecule has 1 aliphatic carbocycles. The van der Waals surface area contributed by atoms with Crippen LogP contribution in [0.1, 0.15) is 48.9 Å². The highest BCUT2D eigenvalue weighted by Gasteiger charge is 2.42. The molecule has 21 heavy (non-hydrogen) atoms. The van der Waals surface area contributed by atoms with Crippen LogP contribution < -0.4 is 4.74 Å². The van der Waals surface area contributed by atoms with Crippen LogP contribution in [0.25, 0.3) is 0 Å². The summed E-state index contributed by atoms with van der Waals surface area (Å²) in [6.45, 7) is 0.393. The van der Waals surface area contributed by atoms with Crippen molar-refractivity contribution in [2.45, 2.75) is 50.2 Å². The number of hydrogen-bond acceptors (Lipinski definition) is 3. The first-order valence-corrected chi connectivity index (χ1v) is 7.79. The average Bonchev–Trinajstić information content (AvgIpc) is 3.08. The van der Waals surface area contributed by atoms with Crippen molar-refractivity contribution in [3.8, 4) is 5.75 Å². The summed E-state index contributed by atoms with van der Waals surface area (Å²) in [6, 6.07) is 4.65. The maximum absolute atomic E-state index is 11.2. The van der Waals surface area contributed by atoms with Crippen molar-refractivity contribution in [2.24, 2.45) is 0 Å². The number of ether oxygens (including phenoxy) is 2. The molecule has 0 radical (unpaired) electrons. The Bertz CT molecular complexity index is 537. The van der Waals surface area contributed by atoms with Gasteiger partial charge < -0.3 is 14.6 Å². The molecule has 0 bridgehead atoms. The fraction of sp³-hybridized carbons (Fsp3) is 0.562. The molecule has 1 spiro atoms. The highest BCUT2D eigenvalue weighted by Crippen LogP contribution is 2.43. The molecule has 2 aliphatic rings. The summed E-state index contributed by atoms with van der Waals surface area (Å²) in [5.74, 6) is -0.685. The number of rotatable bonds is 4. The van der Waals surface area contributed by atoms with E-state index in [0.717, 1.165) is 25.7 Å². The summed E-state index contributed by atoms with van der Waals surface area (Å²) in [7, 11) is 0. The van der Waals surface area contributed by atoms with Crippen LogP contribution >= 0.6 is 11.6 Å². The molecule has 1 aliphatic heterocycles. The largest absolute Gasteiger partial charge is 0.490 e. The van der Waals surface area contributed by atoms with Gasteiger partial charge in [0.05, 0.1) is 11.7 Å². The SMILES string of the molecule is O=C(O)c1cc(Cl)ccc1OCC1CCC2(CCCC2)O1. The molecule has 2 fully saturated rings. The maximum Gasteiger partial charge on any atom is 0.339 e. The predicted molar refractivity (Wildman–Crippen MR) is 79.2 cm³/mol. The Kier molecular flexibility index (Phi) is 4.09. The van der Waals surface area contributed by atoms with E-state index in [1.54, 1.807) is 12.1 Å². The predicted octanol–water partition coefficient (Wildman–Crippen LogP) is 3.91. The molecule has 1 heterocycles. The molecule has 1 N–H and O–H groups in total. The van der Waals surface area contributed by atoms with Gasteiger partial charge in [0, 0.05) is 5.02 Å². The molecule has 114 valence electrons. The number of hydrogen-bond donors (Lipinski definition) is 1. The molecule has 1 atom stereocenters. The Labute approximate surface area is 129 Å². The number of aromatic carboxylic acids is 1. The molecular weight excluding hydrogens is 292 g/mol. The topological polar surface area (TPSA) is 55.8 Å². The standard InChI is InChI=1S/C16H19ClO4/c17-11-3-4-14(13(9-11)15(18)19)20-10-12-5-8-16(21-12)6-1-2-7-16/h3-4,9,12H,1-2,5-8,10H2,(H,18,19). The monoisotopic (exact) mass is 310 g/mol. The van der Waals surface area contributed by atoms with Crippen LogP contribution in [0.2, 0.25) is 5.02 Å². The van der Waals surface area contributed by atoms with E-state index in [9.17, 15) is 9.90 Å². The van der Waals surface area contributed by atoms with E-state index in [1.165, 1.54) is 18.9 Å². The molecule has 1 unspecified atom stereocenters. The lowest BCUT2D eigenvalue weighted by Gasteiger charge is -2.24. The molecule has 1 saturated heterocycles. The van der Waals surface area contributed by atoms with Crippen molar-refractivity contribution < 1.29 is 19.4 Å². The van der Waals surface area contributed by atoms with E-state index in [1.807, 2.05) is 0 Å². The van der Waals surface area contributed by atoms with Crippen molar-refractivity contribution in [3.05, 3.63) is 28.8 Å². The third kappa shape index (κ3) is 3.16. The van der Waals surface area contributed by atoms with Gasteiger partial charge in [0.2, 0.25) is 0 Å². The minimum atomic E-state index is -1.04. The summed E-state index contributed by atoms with van der Waals surface area (Å²) in [6.07, 6.45) is 6.90. The van der Waals surface area contributed by atoms with Gasteiger partial charge in [-0.1, -0.05) is 24.4 Å². The van der Waals surface area contributed by atoms with Gasteiger partial charge in [0.25, 0.3) is 0 Å². The normalized spacial score (nSPS) is 23.6. The van der Waals surface area contributed by atoms with Gasteiger partial charge in [-0.3, -0.25) is 0 Å². The van der Waals surface area contributed by atoms with Crippen LogP contribution in [0, 0.1) is 0 Å². The number of halogens is 1. The first-order chi connectivity index (χ1) is 10.1. The molecule has 1 aromatic rings. The Balaban J connectivity index is 1.62. The van der Waals surface area contributed by atoms with Crippen LogP contribution in [0.4, 0.5) is 0 Å². The fourth-order valence-electron chi connectivity index (χ4n) is 3.38. The van der Waals surface area contributed by atoms with Gasteiger partial charge in [0.1, 0.15) is 17.9 Å². The highest BCUT2D eigenvalue weighted by atomic mass is 35.5. The van der Waals surface area contributed by atoms with Crippen molar-refractivity contribution in [2.75, 3.05) is 6.61 Å². The van der Waals surface area contributed by atoms with Crippen LogP contribution in [0.3, 0.4) is 0 Å². The van der Waals surface area contributed by atoms with Gasteiger partial charge >= 0.3 is 5.97 Å². The third-order valence-corrected chi connectivity index (χ3v) is 4.69. The summed E-state index contributed by atoms with van der Waals surface area (Å²) in [5.41, 5.74) is 0.167. The molecule has 0 aromatic heterocycles. The van der Waals surface area contributed by atoms with Gasteiger partial charge in [-0.2, -0.15) is 0 Å². The van der Waals surface area contributed by atoms with E-state index in [0.29, 0.717) is 17.4 Å². The zero-order valence-electron chi connectivity index (χ0n) is 11.8. The number of carbonyl (C=O) groups is 1. The lowest BCUT2D eigenvalue weighted by atomic mass is 9.98. The summed E-state index contributed by atoms with van der Waals surface area (Å²) in [5, 5.41) is 9.57. The molecule has 1 saturated carbocycles. The fourth-order valence-corrected chi connectivity index (χ4v) is 3.55. The number of benzene rings is 1. The summed E-state index contributed by atoms with van der Waals surface area (Å²) < 4.78 is 11.8. The van der Waals surface area contributed by atoms with Crippen molar-refractivity contribution in [3.63, 3.8) is 0 Å². The van der Waals surface area contributed by atoms with Crippen molar-refractivity contribution in [1.82, 2.24) is 0 Å². The zero-order valence-corrected chi connectivity index (χ0v) is 12.6. The maximum atomic E-state index is 11.2. The molecule has 3 rings (SSSR count). The van der Waals surface area contributed by atoms with Crippen LogP contribution in [-0.4, -0.2) is 29.4 Å². The molecule has 1 aromatic carbocycles. The van der Waals surface area contributed by atoms with E-state index in [4.69, 9.17) is 21.1 Å². The Morgan fingerprint density at radius 2 is 2.14 bits per heavy atom. The first-order valence-electron chi connectivity index (χ1n) is 7.41. The van der Waals surface area contributed by atoms with Crippen molar-refractivity contribution in [1.29, 1.82) is 0 Å². The second-order valence-electron chi connectivity index (χ2n) is 5.93. The van der Waals surface area contributed by atoms with Gasteiger partial charge in [-0.15, -0.1) is 0 Å². The van der Waals surface area contributed by atoms with Crippen LogP contribution in [0.15, 0.2) is 18.2 Å². The zero-order chi connectivity index (χ0) is 14.9. The van der Waals surface area contributed by atoms with E-state index in [2.05, 4.69) is 0 Å². The third-order valence-electron chi connectivity index (χ3n) is 4.45. The lowest BCUT2D eigenvalue weighted by Crippen LogP contribution is -2.27. The Morgan fingerprint density at radius 3 is 2.86 bits per heavy atom. The van der Waals surface area contributed by atoms with E-state index < -0.39 is 5.97 Å². The van der Waals surface area contributed by atoms with Gasteiger partial charge in [0.15, 0.2) is 0 Å². The van der Waals surface area contributed by atoms with E-state index in [-0.39, 0.29) is 17.3 Å². The van der Waals surface area contributed by atoms with Gasteiger partial charge in [-0.25, -0.2) is 4.79 Å².